The molecular weight excluding hydrogens is 288 g/mol. The Bertz CT molecular complexity index is 400. The largest absolute Gasteiger partial charge is 0.479 e. The minimum atomic E-state index is -2.74. The van der Waals surface area contributed by atoms with E-state index in [4.69, 9.17) is 9.84 Å². The molecule has 1 amide bonds. The van der Waals surface area contributed by atoms with Gasteiger partial charge >= 0.3 is 12.1 Å². The molecule has 1 aliphatic carbocycles. The first kappa shape index (κ1) is 17.6. The van der Waals surface area contributed by atoms with Crippen molar-refractivity contribution in [3.05, 3.63) is 0 Å². The molecule has 1 fully saturated rings. The number of rotatable bonds is 5. The quantitative estimate of drug-likeness (QED) is 0.719. The lowest BCUT2D eigenvalue weighted by Crippen LogP contribution is -2.51. The normalized spacial score (nSPS) is 21.0. The van der Waals surface area contributed by atoms with Crippen LogP contribution in [0, 0.1) is 5.92 Å². The molecular formula is C13H21F2NO5. The number of carbonyl (C=O) groups excluding carboxylic acids is 1. The number of aliphatic hydroxyl groups is 1. The van der Waals surface area contributed by atoms with Crippen LogP contribution in [0.3, 0.4) is 0 Å². The average molecular weight is 309 g/mol. The molecule has 0 heterocycles. The number of amides is 1. The van der Waals surface area contributed by atoms with Crippen molar-refractivity contribution in [1.82, 2.24) is 5.32 Å². The van der Waals surface area contributed by atoms with Gasteiger partial charge in [0.1, 0.15) is 5.60 Å². The molecule has 21 heavy (non-hydrogen) atoms. The maximum atomic E-state index is 12.8. The molecule has 0 spiro atoms. The summed E-state index contributed by atoms with van der Waals surface area (Å²) in [5.74, 6) is -4.70. The van der Waals surface area contributed by atoms with E-state index in [0.717, 1.165) is 0 Å². The van der Waals surface area contributed by atoms with Gasteiger partial charge < -0.3 is 20.3 Å². The van der Waals surface area contributed by atoms with E-state index in [1.165, 1.54) is 0 Å². The Morgan fingerprint density at radius 1 is 1.38 bits per heavy atom. The van der Waals surface area contributed by atoms with Gasteiger partial charge in [-0.25, -0.2) is 18.4 Å². The van der Waals surface area contributed by atoms with E-state index in [1.807, 2.05) is 0 Å². The number of aliphatic carboxylic acids is 1. The van der Waals surface area contributed by atoms with Gasteiger partial charge in [0.25, 0.3) is 0 Å². The van der Waals surface area contributed by atoms with Gasteiger partial charge in [0, 0.05) is 12.8 Å². The van der Waals surface area contributed by atoms with Crippen molar-refractivity contribution in [2.75, 3.05) is 0 Å². The van der Waals surface area contributed by atoms with E-state index in [1.54, 1.807) is 20.8 Å². The van der Waals surface area contributed by atoms with Gasteiger partial charge in [0.2, 0.25) is 5.92 Å². The molecule has 0 bridgehead atoms. The molecule has 6 nitrogen and oxygen atoms in total. The number of alkyl halides is 2. The maximum Gasteiger partial charge on any atom is 0.407 e. The Labute approximate surface area is 121 Å². The SMILES string of the molecule is CC(C)(C)OC(=O)NC(CC1CC(F)(F)C1)C(O)C(=O)O. The Kier molecular flexibility index (Phi) is 5.14. The first-order chi connectivity index (χ1) is 9.39. The van der Waals surface area contributed by atoms with Crippen LogP contribution in [0.2, 0.25) is 0 Å². The third-order valence-corrected chi connectivity index (χ3v) is 3.10. The average Bonchev–Trinajstić information content (AvgIpc) is 2.21. The van der Waals surface area contributed by atoms with E-state index in [0.29, 0.717) is 0 Å². The van der Waals surface area contributed by atoms with Crippen molar-refractivity contribution in [2.45, 2.75) is 63.7 Å². The lowest BCUT2D eigenvalue weighted by atomic mass is 9.76. The van der Waals surface area contributed by atoms with Gasteiger partial charge in [-0.3, -0.25) is 0 Å². The summed E-state index contributed by atoms with van der Waals surface area (Å²) < 4.78 is 30.6. The van der Waals surface area contributed by atoms with Gasteiger partial charge in [0.15, 0.2) is 6.10 Å². The van der Waals surface area contributed by atoms with Crippen molar-refractivity contribution in [3.8, 4) is 0 Å². The van der Waals surface area contributed by atoms with Crippen molar-refractivity contribution in [3.63, 3.8) is 0 Å². The third kappa shape index (κ3) is 5.82. The predicted octanol–water partition coefficient (Wildman–Crippen LogP) is 1.76. The Balaban J connectivity index is 2.61. The molecule has 1 aliphatic rings. The summed E-state index contributed by atoms with van der Waals surface area (Å²) in [5, 5.41) is 20.6. The van der Waals surface area contributed by atoms with Gasteiger partial charge in [-0.05, 0) is 33.1 Å². The van der Waals surface area contributed by atoms with Gasteiger partial charge in [0.05, 0.1) is 6.04 Å². The van der Waals surface area contributed by atoms with Crippen LogP contribution in [0.25, 0.3) is 0 Å². The molecule has 0 aromatic heterocycles. The number of carboxylic acid groups (broad SMARTS) is 1. The molecule has 0 aromatic rings. The van der Waals surface area contributed by atoms with Crippen molar-refractivity contribution >= 4 is 12.1 Å². The number of hydrogen-bond donors (Lipinski definition) is 3. The Hall–Kier alpha value is -1.44. The number of halogens is 2. The van der Waals surface area contributed by atoms with Crippen LogP contribution in [-0.2, 0) is 9.53 Å². The van der Waals surface area contributed by atoms with E-state index in [-0.39, 0.29) is 19.3 Å². The summed E-state index contributed by atoms with van der Waals surface area (Å²) in [6, 6.07) is -1.17. The van der Waals surface area contributed by atoms with Crippen molar-refractivity contribution in [1.29, 1.82) is 0 Å². The minimum Gasteiger partial charge on any atom is -0.479 e. The Morgan fingerprint density at radius 3 is 2.29 bits per heavy atom. The molecule has 0 aromatic carbocycles. The van der Waals surface area contributed by atoms with Crippen molar-refractivity contribution < 1.29 is 33.3 Å². The molecule has 2 atom stereocenters. The van der Waals surface area contributed by atoms with Crippen LogP contribution in [0.15, 0.2) is 0 Å². The topological polar surface area (TPSA) is 95.9 Å². The summed E-state index contributed by atoms with van der Waals surface area (Å²) in [6.45, 7) is 4.88. The maximum absolute atomic E-state index is 12.8. The number of carbonyl (C=O) groups is 2. The lowest BCUT2D eigenvalue weighted by molar-refractivity contribution is -0.149. The first-order valence-electron chi connectivity index (χ1n) is 6.68. The fourth-order valence-corrected chi connectivity index (χ4v) is 2.21. The van der Waals surface area contributed by atoms with E-state index >= 15 is 0 Å². The molecule has 1 rings (SSSR count). The zero-order chi connectivity index (χ0) is 16.4. The fraction of sp³-hybridized carbons (Fsp3) is 0.846. The highest BCUT2D eigenvalue weighted by Gasteiger charge is 2.47. The summed E-state index contributed by atoms with van der Waals surface area (Å²) >= 11 is 0. The van der Waals surface area contributed by atoms with Crippen LogP contribution in [0.4, 0.5) is 13.6 Å². The van der Waals surface area contributed by atoms with E-state index < -0.39 is 41.6 Å². The summed E-state index contributed by atoms with van der Waals surface area (Å²) in [7, 11) is 0. The molecule has 1 saturated carbocycles. The van der Waals surface area contributed by atoms with E-state index in [9.17, 15) is 23.5 Å². The second-order valence-electron chi connectivity index (χ2n) is 6.40. The van der Waals surface area contributed by atoms with Gasteiger partial charge in [-0.1, -0.05) is 0 Å². The number of aliphatic hydroxyl groups excluding tert-OH is 1. The second kappa shape index (κ2) is 6.13. The first-order valence-corrected chi connectivity index (χ1v) is 6.68. The summed E-state index contributed by atoms with van der Waals surface area (Å²) in [4.78, 5) is 22.5. The zero-order valence-electron chi connectivity index (χ0n) is 12.2. The highest BCUT2D eigenvalue weighted by molar-refractivity contribution is 5.75. The van der Waals surface area contributed by atoms with Crippen LogP contribution >= 0.6 is 0 Å². The van der Waals surface area contributed by atoms with Crippen LogP contribution in [0.5, 0.6) is 0 Å². The standard InChI is InChI=1S/C13H21F2NO5/c1-12(2,3)21-11(20)16-8(9(17)10(18)19)4-7-5-13(14,15)6-7/h7-9,17H,4-6H2,1-3H3,(H,16,20)(H,18,19). The van der Waals surface area contributed by atoms with Crippen LogP contribution in [-0.4, -0.2) is 45.9 Å². The molecule has 2 unspecified atom stereocenters. The minimum absolute atomic E-state index is 0.0394. The smallest absolute Gasteiger partial charge is 0.407 e. The number of carboxylic acids is 1. The molecule has 122 valence electrons. The van der Waals surface area contributed by atoms with Gasteiger partial charge in [-0.15, -0.1) is 0 Å². The van der Waals surface area contributed by atoms with E-state index in [2.05, 4.69) is 5.32 Å². The molecule has 0 radical (unpaired) electrons. The van der Waals surface area contributed by atoms with Crippen LogP contribution < -0.4 is 5.32 Å². The van der Waals surface area contributed by atoms with Crippen molar-refractivity contribution in [2.24, 2.45) is 5.92 Å². The highest BCUT2D eigenvalue weighted by atomic mass is 19.3. The third-order valence-electron chi connectivity index (χ3n) is 3.10. The number of hydrogen-bond acceptors (Lipinski definition) is 4. The lowest BCUT2D eigenvalue weighted by Gasteiger charge is -2.37. The second-order valence-corrected chi connectivity index (χ2v) is 6.40. The highest BCUT2D eigenvalue weighted by Crippen LogP contribution is 2.44. The molecule has 3 N–H and O–H groups in total. The number of ether oxygens (including phenoxy) is 1. The molecule has 0 saturated heterocycles. The molecule has 0 aliphatic heterocycles. The van der Waals surface area contributed by atoms with Gasteiger partial charge in [-0.2, -0.15) is 0 Å². The predicted molar refractivity (Wildman–Crippen MR) is 69.1 cm³/mol. The Morgan fingerprint density at radius 2 is 1.90 bits per heavy atom. The fourth-order valence-electron chi connectivity index (χ4n) is 2.21. The molecule has 8 heteroatoms. The van der Waals surface area contributed by atoms with Crippen LogP contribution in [0.1, 0.15) is 40.0 Å². The summed E-state index contributed by atoms with van der Waals surface area (Å²) in [6.07, 6.45) is -3.54. The number of nitrogens with one attached hydrogen (secondary N) is 1. The summed E-state index contributed by atoms with van der Waals surface area (Å²) in [5.41, 5.74) is -0.785. The zero-order valence-corrected chi connectivity index (χ0v) is 12.2. The monoisotopic (exact) mass is 309 g/mol. The number of alkyl carbamates (subject to hydrolysis) is 1.